The number of hydrogen-bond donors (Lipinski definition) is 4. The summed E-state index contributed by atoms with van der Waals surface area (Å²) in [4.78, 5) is 57.5. The molecule has 0 heterocycles. The van der Waals surface area contributed by atoms with Crippen molar-refractivity contribution in [2.45, 2.75) is 101 Å². The normalized spacial score (nSPS) is 9.91. The molecule has 1 atom stereocenters. The molecule has 0 aliphatic carbocycles. The highest BCUT2D eigenvalue weighted by Gasteiger charge is 2.22. The summed E-state index contributed by atoms with van der Waals surface area (Å²) >= 11 is 0. The van der Waals surface area contributed by atoms with Crippen LogP contribution in [0.5, 0.6) is 0 Å². The van der Waals surface area contributed by atoms with E-state index >= 15 is 0 Å². The molecule has 0 aromatic carbocycles. The minimum absolute atomic E-state index is 0.100. The van der Waals surface area contributed by atoms with Crippen LogP contribution in [-0.2, 0) is 24.0 Å². The Morgan fingerprint density at radius 1 is 0.667 bits per heavy atom. The molecule has 9 nitrogen and oxygen atoms in total. The standard InChI is InChI=1S/C16H28N4O5.2C3H8.C2H6/c1-5-13(22)17-8-14(23)18-9-15(24)20-12(6-10(2)3)16(25)19-7-11(4)21;2*1-3-2;1-2/h10,12H,5-9H2,1-4H3,(H,17,22)(H,18,23)(H,19,25)(H,20,24);2*3H2,1-2H3;1-2H3/t12-;;;/m1.../s1. The first-order chi connectivity index (χ1) is 15.5. The Labute approximate surface area is 201 Å². The Hall–Kier alpha value is -2.45. The van der Waals surface area contributed by atoms with Gasteiger partial charge in [0.1, 0.15) is 11.8 Å². The largest absolute Gasteiger partial charge is 0.347 e. The third-order valence-corrected chi connectivity index (χ3v) is 3.08. The van der Waals surface area contributed by atoms with Gasteiger partial charge in [0.25, 0.3) is 0 Å². The average Bonchev–Trinajstić information content (AvgIpc) is 2.76. The third-order valence-electron chi connectivity index (χ3n) is 3.08. The molecule has 0 saturated carbocycles. The smallest absolute Gasteiger partial charge is 0.242 e. The number of amides is 4. The highest BCUT2D eigenvalue weighted by molar-refractivity contribution is 5.92. The monoisotopic (exact) mass is 474 g/mol. The zero-order chi connectivity index (χ0) is 26.8. The van der Waals surface area contributed by atoms with E-state index in [1.165, 1.54) is 19.8 Å². The number of Topliss-reactive ketones (excluding diaryl/α,β-unsaturated/α-hetero) is 1. The van der Waals surface area contributed by atoms with Crippen LogP contribution in [-0.4, -0.2) is 55.1 Å². The van der Waals surface area contributed by atoms with Gasteiger partial charge in [-0.05, 0) is 19.3 Å². The van der Waals surface area contributed by atoms with E-state index in [4.69, 9.17) is 0 Å². The summed E-state index contributed by atoms with van der Waals surface area (Å²) in [7, 11) is 0. The van der Waals surface area contributed by atoms with Crippen molar-refractivity contribution in [1.82, 2.24) is 21.3 Å². The minimum atomic E-state index is -0.788. The molecule has 33 heavy (non-hydrogen) atoms. The number of nitrogens with one attached hydrogen (secondary N) is 4. The molecule has 9 heteroatoms. The molecule has 0 aliphatic rings. The van der Waals surface area contributed by atoms with E-state index in [9.17, 15) is 24.0 Å². The van der Waals surface area contributed by atoms with Crippen molar-refractivity contribution in [1.29, 1.82) is 0 Å². The molecule has 0 aliphatic heterocycles. The number of hydrogen-bond acceptors (Lipinski definition) is 5. The van der Waals surface area contributed by atoms with Gasteiger partial charge < -0.3 is 21.3 Å². The van der Waals surface area contributed by atoms with Gasteiger partial charge in [0, 0.05) is 6.42 Å². The molecule has 0 fully saturated rings. The van der Waals surface area contributed by atoms with E-state index in [0.29, 0.717) is 6.42 Å². The SMILES string of the molecule is CC.CCC.CCC.CCC(=O)NCC(=O)NCC(=O)N[C@H](CC(C)C)C(=O)NCC(C)=O. The molecule has 196 valence electrons. The van der Waals surface area contributed by atoms with E-state index in [1.54, 1.807) is 6.92 Å². The van der Waals surface area contributed by atoms with Crippen molar-refractivity contribution in [2.24, 2.45) is 5.92 Å². The summed E-state index contributed by atoms with van der Waals surface area (Å²) in [5.41, 5.74) is 0. The fraction of sp³-hybridized carbons (Fsp3) is 0.792. The first-order valence-corrected chi connectivity index (χ1v) is 12.1. The predicted molar refractivity (Wildman–Crippen MR) is 135 cm³/mol. The van der Waals surface area contributed by atoms with E-state index < -0.39 is 23.8 Å². The van der Waals surface area contributed by atoms with Gasteiger partial charge in [0.2, 0.25) is 23.6 Å². The highest BCUT2D eigenvalue weighted by Crippen LogP contribution is 2.04. The maximum Gasteiger partial charge on any atom is 0.242 e. The summed E-state index contributed by atoms with van der Waals surface area (Å²) in [6, 6.07) is -0.788. The molecule has 0 bridgehead atoms. The van der Waals surface area contributed by atoms with Crippen molar-refractivity contribution in [3.05, 3.63) is 0 Å². The van der Waals surface area contributed by atoms with Crippen LogP contribution >= 0.6 is 0 Å². The average molecular weight is 475 g/mol. The van der Waals surface area contributed by atoms with Crippen LogP contribution in [0.25, 0.3) is 0 Å². The van der Waals surface area contributed by atoms with Crippen molar-refractivity contribution in [2.75, 3.05) is 19.6 Å². The Morgan fingerprint density at radius 3 is 1.48 bits per heavy atom. The summed E-state index contributed by atoms with van der Waals surface area (Å²) in [6.45, 7) is 18.7. The molecule has 0 aromatic rings. The topological polar surface area (TPSA) is 133 Å². The van der Waals surface area contributed by atoms with Gasteiger partial charge in [-0.3, -0.25) is 24.0 Å². The molecule has 0 spiro atoms. The van der Waals surface area contributed by atoms with Crippen molar-refractivity contribution in [3.63, 3.8) is 0 Å². The van der Waals surface area contributed by atoms with Crippen LogP contribution in [0.2, 0.25) is 0 Å². The maximum absolute atomic E-state index is 12.1. The second-order valence-electron chi connectivity index (χ2n) is 7.49. The molecular formula is C24H50N4O5. The lowest BCUT2D eigenvalue weighted by Crippen LogP contribution is -2.51. The highest BCUT2D eigenvalue weighted by atomic mass is 16.2. The summed E-state index contributed by atoms with van der Waals surface area (Å²) < 4.78 is 0. The van der Waals surface area contributed by atoms with Gasteiger partial charge in [-0.2, -0.15) is 0 Å². The van der Waals surface area contributed by atoms with E-state index in [1.807, 2.05) is 27.7 Å². The zero-order valence-electron chi connectivity index (χ0n) is 22.6. The van der Waals surface area contributed by atoms with Crippen molar-refractivity contribution in [3.8, 4) is 0 Å². The Balaban J connectivity index is -0.000000459. The molecule has 4 amide bonds. The lowest BCUT2D eigenvalue weighted by atomic mass is 10.0. The molecule has 0 radical (unpaired) electrons. The Kier molecular flexibility index (Phi) is 31.6. The molecule has 4 N–H and O–H groups in total. The van der Waals surface area contributed by atoms with Crippen LogP contribution in [0.1, 0.15) is 94.9 Å². The summed E-state index contributed by atoms with van der Waals surface area (Å²) in [6.07, 6.45) is 3.16. The molecule has 0 rings (SSSR count). The van der Waals surface area contributed by atoms with Crippen molar-refractivity contribution >= 4 is 29.4 Å². The van der Waals surface area contributed by atoms with Crippen LogP contribution in [0, 0.1) is 5.92 Å². The van der Waals surface area contributed by atoms with Gasteiger partial charge in [-0.1, -0.05) is 75.2 Å². The third kappa shape index (κ3) is 31.8. The van der Waals surface area contributed by atoms with Crippen molar-refractivity contribution < 1.29 is 24.0 Å². The van der Waals surface area contributed by atoms with Crippen LogP contribution in [0.4, 0.5) is 0 Å². The first-order valence-electron chi connectivity index (χ1n) is 12.1. The van der Waals surface area contributed by atoms with Crippen LogP contribution < -0.4 is 21.3 Å². The number of ketones is 1. The number of rotatable bonds is 11. The van der Waals surface area contributed by atoms with Gasteiger partial charge in [0.05, 0.1) is 19.6 Å². The second-order valence-corrected chi connectivity index (χ2v) is 7.49. The van der Waals surface area contributed by atoms with E-state index in [0.717, 1.165) is 0 Å². The Morgan fingerprint density at radius 2 is 1.09 bits per heavy atom. The lowest BCUT2D eigenvalue weighted by Gasteiger charge is -2.20. The predicted octanol–water partition coefficient (Wildman–Crippen LogP) is 2.72. The fourth-order valence-corrected chi connectivity index (χ4v) is 1.83. The summed E-state index contributed by atoms with van der Waals surface area (Å²) in [5, 5.41) is 9.75. The minimum Gasteiger partial charge on any atom is -0.347 e. The van der Waals surface area contributed by atoms with Gasteiger partial charge in [0.15, 0.2) is 0 Å². The van der Waals surface area contributed by atoms with Gasteiger partial charge >= 0.3 is 0 Å². The summed E-state index contributed by atoms with van der Waals surface area (Å²) in [5.74, 6) is -1.79. The van der Waals surface area contributed by atoms with E-state index in [2.05, 4.69) is 49.0 Å². The van der Waals surface area contributed by atoms with E-state index in [-0.39, 0.29) is 43.7 Å². The molecular weight excluding hydrogens is 424 g/mol. The zero-order valence-corrected chi connectivity index (χ0v) is 22.6. The van der Waals surface area contributed by atoms with Gasteiger partial charge in [-0.15, -0.1) is 0 Å². The molecule has 0 unspecified atom stereocenters. The maximum atomic E-state index is 12.1. The quantitative estimate of drug-likeness (QED) is 0.365. The second kappa shape index (κ2) is 27.6. The first kappa shape index (κ1) is 37.8. The number of carbonyl (C=O) groups excluding carboxylic acids is 5. The van der Waals surface area contributed by atoms with Gasteiger partial charge in [-0.25, -0.2) is 0 Å². The fourth-order valence-electron chi connectivity index (χ4n) is 1.83. The van der Waals surface area contributed by atoms with Crippen LogP contribution in [0.15, 0.2) is 0 Å². The lowest BCUT2D eigenvalue weighted by molar-refractivity contribution is -0.131. The number of carbonyl (C=O) groups is 5. The van der Waals surface area contributed by atoms with Crippen LogP contribution in [0.3, 0.4) is 0 Å². The molecule has 0 aromatic heterocycles. The molecule has 0 saturated heterocycles. The Bertz CT molecular complexity index is 535.